The van der Waals surface area contributed by atoms with Gasteiger partial charge in [0, 0.05) is 37.8 Å². The van der Waals surface area contributed by atoms with Crippen molar-refractivity contribution in [1.82, 2.24) is 29.7 Å². The van der Waals surface area contributed by atoms with Gasteiger partial charge in [0.1, 0.15) is 11.6 Å². The number of para-hydroxylation sites is 1. The van der Waals surface area contributed by atoms with E-state index in [0.29, 0.717) is 53.3 Å². The van der Waals surface area contributed by atoms with Gasteiger partial charge < -0.3 is 21.3 Å². The molecule has 1 aliphatic rings. The van der Waals surface area contributed by atoms with Crippen LogP contribution in [0.15, 0.2) is 59.4 Å². The van der Waals surface area contributed by atoms with E-state index in [0.717, 1.165) is 24.3 Å². The lowest BCUT2D eigenvalue weighted by molar-refractivity contribution is -0.126. The van der Waals surface area contributed by atoms with E-state index < -0.39 is 6.04 Å². The van der Waals surface area contributed by atoms with Crippen molar-refractivity contribution in [2.75, 3.05) is 37.2 Å². The lowest BCUT2D eigenvalue weighted by Crippen LogP contribution is -2.45. The van der Waals surface area contributed by atoms with Gasteiger partial charge in [0.05, 0.1) is 28.3 Å². The second-order valence-corrected chi connectivity index (χ2v) is 9.86. The molecule has 40 heavy (non-hydrogen) atoms. The van der Waals surface area contributed by atoms with E-state index in [-0.39, 0.29) is 17.4 Å². The molecule has 0 saturated carbocycles. The van der Waals surface area contributed by atoms with Crippen molar-refractivity contribution in [3.63, 3.8) is 0 Å². The highest BCUT2D eigenvalue weighted by molar-refractivity contribution is 5.93. The molecule has 5 rings (SSSR count). The number of carbonyl (C=O) groups excluding carboxylic acids is 1. The summed E-state index contributed by atoms with van der Waals surface area (Å²) in [5.41, 5.74) is 9.43. The third-order valence-corrected chi connectivity index (χ3v) is 7.15. The minimum Gasteiger partial charge on any atom is -0.368 e. The van der Waals surface area contributed by atoms with Gasteiger partial charge in [0.2, 0.25) is 11.9 Å². The van der Waals surface area contributed by atoms with Gasteiger partial charge in [-0.25, -0.2) is 9.97 Å². The summed E-state index contributed by atoms with van der Waals surface area (Å²) in [7, 11) is 0. The highest BCUT2D eigenvalue weighted by Crippen LogP contribution is 2.28. The molecule has 1 saturated heterocycles. The van der Waals surface area contributed by atoms with Crippen LogP contribution in [-0.4, -0.2) is 56.5 Å². The third-order valence-electron chi connectivity index (χ3n) is 7.15. The lowest BCUT2D eigenvalue weighted by Gasteiger charge is -2.26. The van der Waals surface area contributed by atoms with Crippen LogP contribution < -0.4 is 21.9 Å². The smallest absolute Gasteiger partial charge is 0.266 e. The first-order valence-corrected chi connectivity index (χ1v) is 13.5. The van der Waals surface area contributed by atoms with Crippen LogP contribution in [0.3, 0.4) is 0 Å². The first kappa shape index (κ1) is 27.0. The Hall–Kier alpha value is -4.57. The number of benzene rings is 2. The van der Waals surface area contributed by atoms with Crippen molar-refractivity contribution < 1.29 is 4.79 Å². The van der Waals surface area contributed by atoms with Gasteiger partial charge in [-0.2, -0.15) is 4.98 Å². The summed E-state index contributed by atoms with van der Waals surface area (Å²) in [6.07, 6.45) is 3.88. The quantitative estimate of drug-likeness (QED) is 0.305. The van der Waals surface area contributed by atoms with Crippen LogP contribution in [0.25, 0.3) is 22.7 Å². The zero-order valence-electron chi connectivity index (χ0n) is 23.0. The Morgan fingerprint density at radius 2 is 1.82 bits per heavy atom. The van der Waals surface area contributed by atoms with E-state index in [1.807, 2.05) is 74.2 Å². The number of aryl methyl sites for hydroxylation is 2. The van der Waals surface area contributed by atoms with Crippen LogP contribution in [-0.2, 0) is 4.79 Å². The molecule has 3 heterocycles. The summed E-state index contributed by atoms with van der Waals surface area (Å²) in [6, 6.07) is 14.8. The molecule has 2 aromatic carbocycles. The van der Waals surface area contributed by atoms with E-state index >= 15 is 0 Å². The number of piperazine rings is 1. The molecule has 1 aliphatic heterocycles. The maximum absolute atomic E-state index is 13.9. The van der Waals surface area contributed by atoms with Crippen LogP contribution in [0.5, 0.6) is 0 Å². The summed E-state index contributed by atoms with van der Waals surface area (Å²) in [5.74, 6) is 1.07. The standard InChI is InChI=1S/C30H34N8O2/c1-4-23(28-35-24-12-8-9-19(2)26(24)29(40)38(28)21-10-6-5-7-11-21)34-27-22(20(3)33-30(31)36-27)13-14-25(39)37-17-15-32-16-18-37/h5-14,23,32H,4,15-18H2,1-3H3,(H3,31,33,34,36). The average molecular weight is 539 g/mol. The van der Waals surface area contributed by atoms with Crippen molar-refractivity contribution in [3.05, 3.63) is 87.6 Å². The number of nitrogens with one attached hydrogen (secondary N) is 2. The first-order valence-electron chi connectivity index (χ1n) is 13.5. The maximum atomic E-state index is 13.9. The van der Waals surface area contributed by atoms with Crippen LogP contribution in [0.4, 0.5) is 11.8 Å². The number of aromatic nitrogens is 4. The minimum atomic E-state index is -0.400. The van der Waals surface area contributed by atoms with Crippen molar-refractivity contribution >= 4 is 34.7 Å². The third kappa shape index (κ3) is 5.43. The molecule has 10 heteroatoms. The summed E-state index contributed by atoms with van der Waals surface area (Å²) >= 11 is 0. The van der Waals surface area contributed by atoms with Crippen LogP contribution in [0, 0.1) is 13.8 Å². The predicted octanol–water partition coefficient (Wildman–Crippen LogP) is 3.38. The number of nitrogen functional groups attached to an aromatic ring is 1. The zero-order valence-corrected chi connectivity index (χ0v) is 23.0. The molecular weight excluding hydrogens is 504 g/mol. The monoisotopic (exact) mass is 538 g/mol. The minimum absolute atomic E-state index is 0.0693. The number of nitrogens with zero attached hydrogens (tertiary/aromatic N) is 5. The molecule has 0 radical (unpaired) electrons. The van der Waals surface area contributed by atoms with Crippen LogP contribution >= 0.6 is 0 Å². The summed E-state index contributed by atoms with van der Waals surface area (Å²) in [4.78, 5) is 42.4. The summed E-state index contributed by atoms with van der Waals surface area (Å²) in [6.45, 7) is 8.63. The van der Waals surface area contributed by atoms with Crippen molar-refractivity contribution in [1.29, 1.82) is 0 Å². The van der Waals surface area contributed by atoms with Gasteiger partial charge in [0.15, 0.2) is 0 Å². The number of rotatable bonds is 7. The molecule has 10 nitrogen and oxygen atoms in total. The lowest BCUT2D eigenvalue weighted by atomic mass is 10.1. The molecule has 0 aliphatic carbocycles. The Kier molecular flexibility index (Phi) is 7.88. The van der Waals surface area contributed by atoms with Crippen LogP contribution in [0.1, 0.15) is 42.0 Å². The molecular formula is C30H34N8O2. The Bertz CT molecular complexity index is 1620. The van der Waals surface area contributed by atoms with Crippen molar-refractivity contribution in [2.24, 2.45) is 0 Å². The number of carbonyl (C=O) groups is 1. The van der Waals surface area contributed by atoms with E-state index in [1.54, 1.807) is 16.7 Å². The van der Waals surface area contributed by atoms with Crippen molar-refractivity contribution in [3.8, 4) is 5.69 Å². The number of hydrogen-bond donors (Lipinski definition) is 3. The maximum Gasteiger partial charge on any atom is 0.266 e. The largest absolute Gasteiger partial charge is 0.368 e. The molecule has 206 valence electrons. The predicted molar refractivity (Wildman–Crippen MR) is 158 cm³/mol. The molecule has 0 bridgehead atoms. The van der Waals surface area contributed by atoms with Gasteiger partial charge >= 0.3 is 0 Å². The van der Waals surface area contributed by atoms with E-state index in [1.165, 1.54) is 0 Å². The number of amides is 1. The number of hydrogen-bond acceptors (Lipinski definition) is 8. The fourth-order valence-corrected chi connectivity index (χ4v) is 5.05. The van der Waals surface area contributed by atoms with Gasteiger partial charge in [-0.15, -0.1) is 0 Å². The average Bonchev–Trinajstić information content (AvgIpc) is 2.96. The van der Waals surface area contributed by atoms with Gasteiger partial charge in [0.25, 0.3) is 5.56 Å². The molecule has 1 fully saturated rings. The number of fused-ring (bicyclic) bond motifs is 1. The Morgan fingerprint density at radius 3 is 2.55 bits per heavy atom. The highest BCUT2D eigenvalue weighted by Gasteiger charge is 2.23. The van der Waals surface area contributed by atoms with E-state index in [2.05, 4.69) is 20.6 Å². The molecule has 4 aromatic rings. The first-order chi connectivity index (χ1) is 19.4. The topological polar surface area (TPSA) is 131 Å². The second kappa shape index (κ2) is 11.7. The summed E-state index contributed by atoms with van der Waals surface area (Å²) < 4.78 is 1.66. The van der Waals surface area contributed by atoms with Crippen LogP contribution in [0.2, 0.25) is 0 Å². The van der Waals surface area contributed by atoms with E-state index in [9.17, 15) is 9.59 Å². The number of anilines is 2. The Labute approximate surface area is 233 Å². The molecule has 1 amide bonds. The molecule has 0 spiro atoms. The van der Waals surface area contributed by atoms with Gasteiger partial charge in [-0.05, 0) is 50.1 Å². The Balaban J connectivity index is 1.59. The number of nitrogens with two attached hydrogens (primary N) is 1. The molecule has 1 unspecified atom stereocenters. The molecule has 2 aromatic heterocycles. The van der Waals surface area contributed by atoms with Gasteiger partial charge in [-0.3, -0.25) is 14.2 Å². The van der Waals surface area contributed by atoms with Crippen molar-refractivity contribution in [2.45, 2.75) is 33.2 Å². The fourth-order valence-electron chi connectivity index (χ4n) is 5.05. The van der Waals surface area contributed by atoms with E-state index in [4.69, 9.17) is 10.7 Å². The Morgan fingerprint density at radius 1 is 1.07 bits per heavy atom. The fraction of sp³-hybridized carbons (Fsp3) is 0.300. The second-order valence-electron chi connectivity index (χ2n) is 9.86. The summed E-state index contributed by atoms with van der Waals surface area (Å²) in [5, 5.41) is 7.31. The van der Waals surface area contributed by atoms with Gasteiger partial charge in [-0.1, -0.05) is 37.3 Å². The molecule has 1 atom stereocenters. The highest BCUT2D eigenvalue weighted by atomic mass is 16.2. The molecule has 4 N–H and O–H groups in total. The zero-order chi connectivity index (χ0) is 28.2. The SMILES string of the molecule is CCC(Nc1nc(N)nc(C)c1C=CC(=O)N1CCNCC1)c1nc2cccc(C)c2c(=O)n1-c1ccccc1. The normalized spacial score (nSPS) is 14.5.